The zero-order chi connectivity index (χ0) is 12.5. The van der Waals surface area contributed by atoms with Crippen LogP contribution >= 0.6 is 0 Å². The lowest BCUT2D eigenvalue weighted by atomic mass is 10.2. The average Bonchev–Trinajstić information content (AvgIpc) is 2.59. The number of nitrogens with zero attached hydrogens (tertiary/aromatic N) is 1. The Labute approximate surface area is 106 Å². The lowest BCUT2D eigenvalue weighted by Crippen LogP contribution is -2.43. The molecule has 0 radical (unpaired) electrons. The van der Waals surface area contributed by atoms with Crippen LogP contribution in [0.2, 0.25) is 0 Å². The van der Waals surface area contributed by atoms with Crippen molar-refractivity contribution in [2.75, 3.05) is 40.4 Å². The second-order valence-electron chi connectivity index (χ2n) is 4.84. The van der Waals surface area contributed by atoms with Crippen molar-refractivity contribution in [1.82, 2.24) is 10.2 Å². The highest BCUT2D eigenvalue weighted by atomic mass is 16.7. The average molecular weight is 244 g/mol. The molecule has 1 N–H and O–H groups in total. The molecule has 0 aliphatic carbocycles. The van der Waals surface area contributed by atoms with Gasteiger partial charge in [0.25, 0.3) is 0 Å². The number of methoxy groups -OCH3 is 2. The van der Waals surface area contributed by atoms with E-state index >= 15 is 0 Å². The molecule has 1 rings (SSSR count). The van der Waals surface area contributed by atoms with E-state index in [1.54, 1.807) is 14.2 Å². The molecule has 1 heterocycles. The minimum Gasteiger partial charge on any atom is -0.354 e. The van der Waals surface area contributed by atoms with Crippen LogP contribution in [0.5, 0.6) is 0 Å². The van der Waals surface area contributed by atoms with Crippen molar-refractivity contribution in [3.05, 3.63) is 0 Å². The van der Waals surface area contributed by atoms with Crippen molar-refractivity contribution >= 4 is 0 Å². The van der Waals surface area contributed by atoms with E-state index in [1.807, 2.05) is 0 Å². The molecule has 17 heavy (non-hydrogen) atoms. The molecule has 1 fully saturated rings. The lowest BCUT2D eigenvalue weighted by Gasteiger charge is -2.25. The topological polar surface area (TPSA) is 33.7 Å². The Hall–Kier alpha value is -0.160. The Morgan fingerprint density at radius 2 is 1.65 bits per heavy atom. The maximum atomic E-state index is 5.23. The fourth-order valence-corrected chi connectivity index (χ4v) is 2.41. The van der Waals surface area contributed by atoms with E-state index in [-0.39, 0.29) is 12.3 Å². The third-order valence-electron chi connectivity index (χ3n) is 3.47. The first-order chi connectivity index (χ1) is 8.27. The van der Waals surface area contributed by atoms with Gasteiger partial charge in [0, 0.05) is 27.3 Å². The molecule has 0 saturated carbocycles. The summed E-state index contributed by atoms with van der Waals surface area (Å²) in [4.78, 5) is 2.56. The monoisotopic (exact) mass is 244 g/mol. The molecule has 4 heteroatoms. The first-order valence-corrected chi connectivity index (χ1v) is 6.79. The van der Waals surface area contributed by atoms with Crippen LogP contribution in [0, 0.1) is 0 Å². The predicted octanol–water partition coefficient (Wildman–Crippen LogP) is 1.46. The molecule has 0 aromatic rings. The van der Waals surface area contributed by atoms with Crippen LogP contribution in [0.15, 0.2) is 0 Å². The van der Waals surface area contributed by atoms with Crippen molar-refractivity contribution in [3.63, 3.8) is 0 Å². The van der Waals surface area contributed by atoms with Crippen molar-refractivity contribution in [1.29, 1.82) is 0 Å². The van der Waals surface area contributed by atoms with Crippen LogP contribution in [0.4, 0.5) is 0 Å². The molecule has 0 aromatic carbocycles. The molecular formula is C13H28N2O2. The highest BCUT2D eigenvalue weighted by Gasteiger charge is 2.15. The normalized spacial score (nSPS) is 20.5. The number of hydrogen-bond acceptors (Lipinski definition) is 4. The molecular weight excluding hydrogens is 216 g/mol. The third-order valence-corrected chi connectivity index (χ3v) is 3.47. The molecule has 1 aliphatic heterocycles. The minimum absolute atomic E-state index is 0.154. The van der Waals surface area contributed by atoms with Gasteiger partial charge in [-0.2, -0.15) is 0 Å². The van der Waals surface area contributed by atoms with Crippen molar-refractivity contribution in [2.24, 2.45) is 0 Å². The van der Waals surface area contributed by atoms with Gasteiger partial charge in [0.1, 0.15) is 0 Å². The maximum absolute atomic E-state index is 5.23. The summed E-state index contributed by atoms with van der Waals surface area (Å²) in [7, 11) is 3.36. The fraction of sp³-hybridized carbons (Fsp3) is 1.00. The summed E-state index contributed by atoms with van der Waals surface area (Å²) < 4.78 is 10.5. The molecule has 4 nitrogen and oxygen atoms in total. The molecule has 1 atom stereocenters. The lowest BCUT2D eigenvalue weighted by molar-refractivity contribution is -0.119. The van der Waals surface area contributed by atoms with Gasteiger partial charge in [0.05, 0.1) is 6.04 Å². The van der Waals surface area contributed by atoms with Crippen LogP contribution in [0.3, 0.4) is 0 Å². The molecule has 1 unspecified atom stereocenters. The summed E-state index contributed by atoms with van der Waals surface area (Å²) in [6.07, 6.45) is 5.35. The second kappa shape index (κ2) is 8.86. The van der Waals surface area contributed by atoms with Crippen LogP contribution in [-0.2, 0) is 9.47 Å². The van der Waals surface area contributed by atoms with E-state index in [1.165, 1.54) is 38.8 Å². The summed E-state index contributed by atoms with van der Waals surface area (Å²) >= 11 is 0. The number of nitrogens with one attached hydrogen (secondary N) is 1. The molecule has 102 valence electrons. The zero-order valence-electron chi connectivity index (χ0n) is 11.6. The van der Waals surface area contributed by atoms with Gasteiger partial charge in [-0.1, -0.05) is 12.8 Å². The third kappa shape index (κ3) is 5.82. The Balaban J connectivity index is 2.13. The molecule has 1 aliphatic rings. The number of rotatable bonds is 7. The van der Waals surface area contributed by atoms with Gasteiger partial charge in [-0.15, -0.1) is 0 Å². The van der Waals surface area contributed by atoms with Crippen molar-refractivity contribution in [3.8, 4) is 0 Å². The summed E-state index contributed by atoms with van der Waals surface area (Å²) in [5.74, 6) is 0. The molecule has 0 aromatic heterocycles. The van der Waals surface area contributed by atoms with E-state index in [2.05, 4.69) is 17.1 Å². The Kier molecular flexibility index (Phi) is 7.77. The van der Waals surface area contributed by atoms with E-state index < -0.39 is 0 Å². The summed E-state index contributed by atoms with van der Waals surface area (Å²) in [5, 5.41) is 3.46. The molecule has 1 saturated heterocycles. The molecule has 0 bridgehead atoms. The Morgan fingerprint density at radius 1 is 1.06 bits per heavy atom. The fourth-order valence-electron chi connectivity index (χ4n) is 2.41. The van der Waals surface area contributed by atoms with Gasteiger partial charge in [0.15, 0.2) is 6.29 Å². The standard InChI is InChI=1S/C13H28N2O2/c1-12(13(16-2)17-3)14-8-11-15-9-6-4-5-7-10-15/h12-14H,4-11H2,1-3H3. The first-order valence-electron chi connectivity index (χ1n) is 6.79. The highest BCUT2D eigenvalue weighted by molar-refractivity contribution is 4.68. The summed E-state index contributed by atoms with van der Waals surface area (Å²) in [5.41, 5.74) is 0. The number of ether oxygens (including phenoxy) is 2. The van der Waals surface area contributed by atoms with Gasteiger partial charge in [-0.05, 0) is 32.9 Å². The Bertz CT molecular complexity index is 176. The van der Waals surface area contributed by atoms with Crippen LogP contribution in [0.1, 0.15) is 32.6 Å². The maximum Gasteiger partial charge on any atom is 0.171 e. The zero-order valence-corrected chi connectivity index (χ0v) is 11.6. The number of likely N-dealkylation sites (tertiary alicyclic amines) is 1. The molecule has 0 amide bonds. The van der Waals surface area contributed by atoms with Crippen molar-refractivity contribution in [2.45, 2.75) is 44.9 Å². The van der Waals surface area contributed by atoms with E-state index in [0.717, 1.165) is 13.1 Å². The SMILES string of the molecule is COC(OC)C(C)NCCN1CCCCCC1. The van der Waals surface area contributed by atoms with Crippen molar-refractivity contribution < 1.29 is 9.47 Å². The largest absolute Gasteiger partial charge is 0.354 e. The molecule has 0 spiro atoms. The van der Waals surface area contributed by atoms with Gasteiger partial charge >= 0.3 is 0 Å². The van der Waals surface area contributed by atoms with E-state index in [9.17, 15) is 0 Å². The van der Waals surface area contributed by atoms with Gasteiger partial charge in [-0.3, -0.25) is 0 Å². The highest BCUT2D eigenvalue weighted by Crippen LogP contribution is 2.08. The smallest absolute Gasteiger partial charge is 0.171 e. The quantitative estimate of drug-likeness (QED) is 0.688. The summed E-state index contributed by atoms with van der Waals surface area (Å²) in [6, 6.07) is 0.233. The van der Waals surface area contributed by atoms with E-state index in [4.69, 9.17) is 9.47 Å². The second-order valence-corrected chi connectivity index (χ2v) is 4.84. The minimum atomic E-state index is -0.154. The summed E-state index contributed by atoms with van der Waals surface area (Å²) in [6.45, 7) is 6.75. The predicted molar refractivity (Wildman–Crippen MR) is 70.2 cm³/mol. The van der Waals surface area contributed by atoms with Gasteiger partial charge in [0.2, 0.25) is 0 Å². The van der Waals surface area contributed by atoms with E-state index in [0.29, 0.717) is 0 Å². The number of hydrogen-bond donors (Lipinski definition) is 1. The Morgan fingerprint density at radius 3 is 2.18 bits per heavy atom. The van der Waals surface area contributed by atoms with Gasteiger partial charge in [-0.25, -0.2) is 0 Å². The van der Waals surface area contributed by atoms with Crippen LogP contribution in [0.25, 0.3) is 0 Å². The van der Waals surface area contributed by atoms with Crippen LogP contribution < -0.4 is 5.32 Å². The first kappa shape index (κ1) is 14.9. The van der Waals surface area contributed by atoms with Crippen LogP contribution in [-0.4, -0.2) is 57.6 Å². The van der Waals surface area contributed by atoms with Gasteiger partial charge < -0.3 is 19.7 Å².